The molecule has 3 nitrogen and oxygen atoms in total. The van der Waals surface area contributed by atoms with E-state index in [-0.39, 0.29) is 0 Å². The summed E-state index contributed by atoms with van der Waals surface area (Å²) < 4.78 is 10.8. The highest BCUT2D eigenvalue weighted by Crippen LogP contribution is 2.36. The van der Waals surface area contributed by atoms with Gasteiger partial charge in [0.25, 0.3) is 0 Å². The third-order valence-electron chi connectivity index (χ3n) is 4.33. The van der Waals surface area contributed by atoms with E-state index >= 15 is 0 Å². The molecule has 0 heterocycles. The maximum Gasteiger partial charge on any atom is 0.513 e. The molecule has 124 valence electrons. The average molecular weight is 322 g/mol. The summed E-state index contributed by atoms with van der Waals surface area (Å²) in [6.07, 6.45) is 1.17. The summed E-state index contributed by atoms with van der Waals surface area (Å²) in [5.41, 5.74) is 2.39. The van der Waals surface area contributed by atoms with Crippen LogP contribution in [-0.2, 0) is 4.74 Å². The third kappa shape index (κ3) is 3.21. The Balaban J connectivity index is 2.10. The zero-order valence-electron chi connectivity index (χ0n) is 14.4. The van der Waals surface area contributed by atoms with E-state index in [9.17, 15) is 4.79 Å². The van der Waals surface area contributed by atoms with Crippen LogP contribution in [0.25, 0.3) is 21.5 Å². The topological polar surface area (TPSA) is 35.5 Å². The van der Waals surface area contributed by atoms with Gasteiger partial charge in [-0.05, 0) is 54.3 Å². The fourth-order valence-corrected chi connectivity index (χ4v) is 2.82. The van der Waals surface area contributed by atoms with Gasteiger partial charge in [0.1, 0.15) is 5.75 Å². The van der Waals surface area contributed by atoms with Crippen LogP contribution in [0.5, 0.6) is 5.75 Å². The molecule has 0 fully saturated rings. The van der Waals surface area contributed by atoms with Crippen LogP contribution in [0, 0.1) is 13.8 Å². The fraction of sp³-hybridized carbons (Fsp3) is 0.286. The van der Waals surface area contributed by atoms with Gasteiger partial charge in [-0.25, -0.2) is 4.79 Å². The summed E-state index contributed by atoms with van der Waals surface area (Å²) in [5.74, 6) is 0.577. The number of benzene rings is 3. The molecule has 0 aromatic heterocycles. The molecule has 0 saturated carbocycles. The van der Waals surface area contributed by atoms with Crippen molar-refractivity contribution >= 4 is 27.7 Å². The van der Waals surface area contributed by atoms with E-state index in [1.165, 1.54) is 11.1 Å². The summed E-state index contributed by atoms with van der Waals surface area (Å²) >= 11 is 0. The van der Waals surface area contributed by atoms with E-state index in [1.54, 1.807) is 0 Å². The van der Waals surface area contributed by atoms with Crippen LogP contribution in [0.3, 0.4) is 0 Å². The first kappa shape index (κ1) is 16.3. The number of hydrogen-bond acceptors (Lipinski definition) is 3. The number of rotatable bonds is 4. The third-order valence-corrected chi connectivity index (χ3v) is 4.33. The van der Waals surface area contributed by atoms with Gasteiger partial charge >= 0.3 is 6.16 Å². The lowest BCUT2D eigenvalue weighted by Gasteiger charge is -2.13. The van der Waals surface area contributed by atoms with Crippen molar-refractivity contribution < 1.29 is 14.3 Å². The fourth-order valence-electron chi connectivity index (χ4n) is 2.82. The summed E-state index contributed by atoms with van der Waals surface area (Å²) in [4.78, 5) is 12.1. The smallest absolute Gasteiger partial charge is 0.434 e. The van der Waals surface area contributed by atoms with E-state index < -0.39 is 6.16 Å². The highest BCUT2D eigenvalue weighted by atomic mass is 16.7. The van der Waals surface area contributed by atoms with Gasteiger partial charge in [0, 0.05) is 10.8 Å². The lowest BCUT2D eigenvalue weighted by molar-refractivity contribution is 0.0988. The van der Waals surface area contributed by atoms with Gasteiger partial charge in [-0.3, -0.25) is 0 Å². The second-order valence-electron chi connectivity index (χ2n) is 6.14. The zero-order valence-corrected chi connectivity index (χ0v) is 14.4. The summed E-state index contributed by atoms with van der Waals surface area (Å²) in [7, 11) is 0. The van der Waals surface area contributed by atoms with Crippen molar-refractivity contribution in [3.63, 3.8) is 0 Å². The number of aryl methyl sites for hydroxylation is 2. The van der Waals surface area contributed by atoms with E-state index in [2.05, 4.69) is 39.0 Å². The molecule has 0 aliphatic heterocycles. The zero-order chi connectivity index (χ0) is 17.1. The van der Waals surface area contributed by atoms with Crippen LogP contribution < -0.4 is 4.74 Å². The maximum absolute atomic E-state index is 12.1. The number of fused-ring (bicyclic) bond motifs is 2. The van der Waals surface area contributed by atoms with Crippen molar-refractivity contribution in [2.24, 2.45) is 0 Å². The predicted molar refractivity (Wildman–Crippen MR) is 97.8 cm³/mol. The average Bonchev–Trinajstić information content (AvgIpc) is 2.57. The van der Waals surface area contributed by atoms with Crippen LogP contribution in [0.15, 0.2) is 42.5 Å². The quantitative estimate of drug-likeness (QED) is 0.259. The molecule has 0 N–H and O–H groups in total. The number of unbranched alkanes of at least 4 members (excludes halogenated alkanes) is 1. The molecule has 0 saturated heterocycles. The number of carbonyl (C=O) groups excluding carboxylic acids is 1. The van der Waals surface area contributed by atoms with Gasteiger partial charge < -0.3 is 9.47 Å². The minimum absolute atomic E-state index is 0.385. The molecule has 0 aliphatic rings. The standard InChI is InChI=1S/C21H22O3/c1-4-5-10-23-21(22)24-20-18-9-7-6-8-16(18)13-17-11-14(2)15(3)12-19(17)20/h6-9,11-13H,4-5,10H2,1-3H3. The highest BCUT2D eigenvalue weighted by molar-refractivity contribution is 6.06. The van der Waals surface area contributed by atoms with Crippen LogP contribution in [-0.4, -0.2) is 12.8 Å². The van der Waals surface area contributed by atoms with E-state index in [4.69, 9.17) is 9.47 Å². The SMILES string of the molecule is CCCCOC(=O)Oc1c2ccccc2cc2cc(C)c(C)cc12. The van der Waals surface area contributed by atoms with Crippen molar-refractivity contribution in [1.82, 2.24) is 0 Å². The molecule has 3 aromatic carbocycles. The number of hydrogen-bond donors (Lipinski definition) is 0. The van der Waals surface area contributed by atoms with Crippen molar-refractivity contribution in [1.29, 1.82) is 0 Å². The van der Waals surface area contributed by atoms with Crippen LogP contribution in [0.2, 0.25) is 0 Å². The Labute approximate surface area is 142 Å². The first-order valence-electron chi connectivity index (χ1n) is 8.37. The van der Waals surface area contributed by atoms with Crippen molar-refractivity contribution in [3.05, 3.63) is 53.6 Å². The summed E-state index contributed by atoms with van der Waals surface area (Å²) in [5, 5.41) is 3.96. The molecule has 0 spiro atoms. The van der Waals surface area contributed by atoms with Gasteiger partial charge in [0.2, 0.25) is 0 Å². The Morgan fingerprint density at radius 1 is 0.958 bits per heavy atom. The Morgan fingerprint density at radius 2 is 1.71 bits per heavy atom. The highest BCUT2D eigenvalue weighted by Gasteiger charge is 2.14. The molecule has 3 heteroatoms. The van der Waals surface area contributed by atoms with Crippen molar-refractivity contribution in [2.45, 2.75) is 33.6 Å². The number of ether oxygens (including phenoxy) is 2. The van der Waals surface area contributed by atoms with Crippen molar-refractivity contribution in [2.75, 3.05) is 6.61 Å². The molecule has 3 aromatic rings. The van der Waals surface area contributed by atoms with E-state index in [0.29, 0.717) is 12.4 Å². The Bertz CT molecular complexity index is 896. The molecule has 0 radical (unpaired) electrons. The molecule has 0 amide bonds. The lowest BCUT2D eigenvalue weighted by atomic mass is 9.98. The predicted octanol–water partition coefficient (Wildman–Crippen LogP) is 5.93. The Morgan fingerprint density at radius 3 is 2.50 bits per heavy atom. The monoisotopic (exact) mass is 322 g/mol. The van der Waals surface area contributed by atoms with Crippen LogP contribution >= 0.6 is 0 Å². The lowest BCUT2D eigenvalue weighted by Crippen LogP contribution is -2.12. The minimum atomic E-state index is -0.640. The largest absolute Gasteiger partial charge is 0.513 e. The van der Waals surface area contributed by atoms with Crippen LogP contribution in [0.1, 0.15) is 30.9 Å². The Kier molecular flexibility index (Phi) is 4.70. The van der Waals surface area contributed by atoms with Gasteiger partial charge in [-0.15, -0.1) is 0 Å². The molecular formula is C21H22O3. The minimum Gasteiger partial charge on any atom is -0.434 e. The molecule has 0 unspecified atom stereocenters. The molecule has 0 bridgehead atoms. The molecular weight excluding hydrogens is 300 g/mol. The summed E-state index contributed by atoms with van der Waals surface area (Å²) in [6, 6.07) is 14.3. The summed E-state index contributed by atoms with van der Waals surface area (Å²) in [6.45, 7) is 6.59. The number of carbonyl (C=O) groups is 1. The van der Waals surface area contributed by atoms with E-state index in [1.807, 2.05) is 24.3 Å². The second-order valence-corrected chi connectivity index (χ2v) is 6.14. The maximum atomic E-state index is 12.1. The molecule has 0 atom stereocenters. The van der Waals surface area contributed by atoms with Gasteiger partial charge in [-0.2, -0.15) is 0 Å². The van der Waals surface area contributed by atoms with E-state index in [0.717, 1.165) is 34.4 Å². The van der Waals surface area contributed by atoms with Crippen molar-refractivity contribution in [3.8, 4) is 5.75 Å². The van der Waals surface area contributed by atoms with Gasteiger partial charge in [-0.1, -0.05) is 43.7 Å². The first-order valence-corrected chi connectivity index (χ1v) is 8.37. The van der Waals surface area contributed by atoms with Gasteiger partial charge in [0.15, 0.2) is 0 Å². The second kappa shape index (κ2) is 6.91. The van der Waals surface area contributed by atoms with Gasteiger partial charge in [0.05, 0.1) is 6.61 Å². The Hall–Kier alpha value is -2.55. The molecule has 3 rings (SSSR count). The van der Waals surface area contributed by atoms with Crippen LogP contribution in [0.4, 0.5) is 4.79 Å². The first-order chi connectivity index (χ1) is 11.6. The molecule has 24 heavy (non-hydrogen) atoms. The molecule has 0 aliphatic carbocycles. The normalized spacial score (nSPS) is 11.0.